The standard InChI is InChI=1S/C26H24N4OS.CH4O/c1-26(2,9-10-27)25-24(18-7-5-17(16-31)6-8-18)21-13-22(29)19(14-28)12-23(21)30(25)15-20-4-3-11-32-20;1-2/h3-8,11-14,16,28H,9,15,29H2,1-2H3;2H,1H3. The Morgan fingerprint density at radius 1 is 1.21 bits per heavy atom. The lowest BCUT2D eigenvalue weighted by Crippen LogP contribution is -2.22. The second kappa shape index (κ2) is 10.5. The average molecular weight is 473 g/mol. The number of fused-ring (bicyclic) bond motifs is 1. The summed E-state index contributed by atoms with van der Waals surface area (Å²) >= 11 is 1.69. The van der Waals surface area contributed by atoms with Gasteiger partial charge in [0.2, 0.25) is 0 Å². The summed E-state index contributed by atoms with van der Waals surface area (Å²) in [5.41, 5.74) is 11.7. The molecule has 0 fully saturated rings. The first-order valence-electron chi connectivity index (χ1n) is 10.8. The Labute approximate surface area is 203 Å². The number of rotatable bonds is 7. The van der Waals surface area contributed by atoms with Crippen LogP contribution in [0.2, 0.25) is 0 Å². The highest BCUT2D eigenvalue weighted by atomic mass is 32.1. The van der Waals surface area contributed by atoms with Crippen molar-refractivity contribution in [1.29, 1.82) is 10.7 Å². The third-order valence-electron chi connectivity index (χ3n) is 5.82. The number of nitriles is 1. The van der Waals surface area contributed by atoms with Crippen LogP contribution in [-0.2, 0) is 12.0 Å². The van der Waals surface area contributed by atoms with Crippen LogP contribution in [0.5, 0.6) is 0 Å². The summed E-state index contributed by atoms with van der Waals surface area (Å²) in [6, 6.07) is 17.9. The molecule has 6 nitrogen and oxygen atoms in total. The molecule has 0 bridgehead atoms. The molecule has 0 atom stereocenters. The van der Waals surface area contributed by atoms with E-state index in [1.54, 1.807) is 23.5 Å². The highest BCUT2D eigenvalue weighted by Gasteiger charge is 2.31. The number of nitrogen functional groups attached to an aromatic ring is 1. The number of carbonyl (C=O) groups excluding carboxylic acids is 1. The Kier molecular flexibility index (Phi) is 7.67. The van der Waals surface area contributed by atoms with E-state index in [-0.39, 0.29) is 0 Å². The number of benzene rings is 2. The first-order valence-corrected chi connectivity index (χ1v) is 11.6. The van der Waals surface area contributed by atoms with Gasteiger partial charge in [-0.15, -0.1) is 11.3 Å². The third-order valence-corrected chi connectivity index (χ3v) is 6.68. The molecule has 0 unspecified atom stereocenters. The van der Waals surface area contributed by atoms with Crippen molar-refractivity contribution in [3.05, 3.63) is 75.6 Å². The lowest BCUT2D eigenvalue weighted by molar-refractivity contribution is 0.112. The van der Waals surface area contributed by atoms with Crippen LogP contribution < -0.4 is 5.73 Å². The number of hydrogen-bond acceptors (Lipinski definition) is 6. The summed E-state index contributed by atoms with van der Waals surface area (Å²) in [6.45, 7) is 4.82. The predicted octanol–water partition coefficient (Wildman–Crippen LogP) is 5.61. The number of hydrogen-bond donors (Lipinski definition) is 3. The van der Waals surface area contributed by atoms with Crippen LogP contribution in [0.25, 0.3) is 22.0 Å². The molecule has 2 heterocycles. The van der Waals surface area contributed by atoms with Gasteiger partial charge >= 0.3 is 0 Å². The molecule has 2 aromatic heterocycles. The van der Waals surface area contributed by atoms with Crippen molar-refractivity contribution in [2.45, 2.75) is 32.2 Å². The van der Waals surface area contributed by atoms with Gasteiger partial charge in [-0.2, -0.15) is 5.26 Å². The van der Waals surface area contributed by atoms with Crippen molar-refractivity contribution >= 4 is 40.4 Å². The lowest BCUT2D eigenvalue weighted by Gasteiger charge is -2.26. The molecule has 7 heteroatoms. The Balaban J connectivity index is 0.00000158. The Bertz CT molecular complexity index is 1340. The number of anilines is 1. The molecule has 0 aliphatic rings. The molecular weight excluding hydrogens is 444 g/mol. The second-order valence-corrected chi connectivity index (χ2v) is 9.52. The molecule has 0 saturated heterocycles. The van der Waals surface area contributed by atoms with Crippen LogP contribution in [0.3, 0.4) is 0 Å². The molecule has 0 spiro atoms. The van der Waals surface area contributed by atoms with Crippen LogP contribution in [0.15, 0.2) is 53.9 Å². The van der Waals surface area contributed by atoms with Gasteiger partial charge in [0.1, 0.15) is 6.29 Å². The molecule has 174 valence electrons. The topological polar surface area (TPSA) is 116 Å². The number of nitrogens with one attached hydrogen (secondary N) is 1. The summed E-state index contributed by atoms with van der Waals surface area (Å²) < 4.78 is 2.26. The largest absolute Gasteiger partial charge is 0.400 e. The van der Waals surface area contributed by atoms with Crippen LogP contribution >= 0.6 is 11.3 Å². The Morgan fingerprint density at radius 3 is 2.47 bits per heavy atom. The van der Waals surface area contributed by atoms with Crippen molar-refractivity contribution in [2.75, 3.05) is 12.8 Å². The maximum absolute atomic E-state index is 11.2. The molecule has 34 heavy (non-hydrogen) atoms. The maximum atomic E-state index is 11.2. The van der Waals surface area contributed by atoms with E-state index in [1.807, 2.05) is 30.3 Å². The van der Waals surface area contributed by atoms with E-state index in [9.17, 15) is 10.1 Å². The van der Waals surface area contributed by atoms with Crippen molar-refractivity contribution in [1.82, 2.24) is 4.57 Å². The number of nitrogens with two attached hydrogens (primary N) is 1. The monoisotopic (exact) mass is 472 g/mol. The molecule has 4 rings (SSSR count). The fraction of sp³-hybridized carbons (Fsp3) is 0.222. The Morgan fingerprint density at radius 2 is 1.91 bits per heavy atom. The van der Waals surface area contributed by atoms with Crippen LogP contribution in [0, 0.1) is 16.7 Å². The van der Waals surface area contributed by atoms with Crippen molar-refractivity contribution in [3.63, 3.8) is 0 Å². The molecular formula is C27H28N4O2S. The smallest absolute Gasteiger partial charge is 0.150 e. The summed E-state index contributed by atoms with van der Waals surface area (Å²) in [4.78, 5) is 12.4. The normalized spacial score (nSPS) is 10.9. The summed E-state index contributed by atoms with van der Waals surface area (Å²) in [7, 11) is 1.00. The molecule has 2 aromatic carbocycles. The van der Waals surface area contributed by atoms with Crippen LogP contribution in [0.1, 0.15) is 46.8 Å². The number of aliphatic hydroxyl groups excluding tert-OH is 1. The predicted molar refractivity (Wildman–Crippen MR) is 140 cm³/mol. The minimum Gasteiger partial charge on any atom is -0.400 e. The summed E-state index contributed by atoms with van der Waals surface area (Å²) in [5.74, 6) is 0. The molecule has 0 aliphatic carbocycles. The Hall–Kier alpha value is -3.73. The zero-order valence-electron chi connectivity index (χ0n) is 19.5. The molecule has 0 amide bonds. The fourth-order valence-electron chi connectivity index (χ4n) is 4.28. The molecule has 0 radical (unpaired) electrons. The van der Waals surface area contributed by atoms with E-state index in [4.69, 9.17) is 16.2 Å². The number of aromatic nitrogens is 1. The molecule has 4 aromatic rings. The molecule has 4 N–H and O–H groups in total. The zero-order valence-corrected chi connectivity index (χ0v) is 20.3. The van der Waals surface area contributed by atoms with Crippen molar-refractivity contribution in [2.24, 2.45) is 0 Å². The third kappa shape index (κ3) is 4.65. The van der Waals surface area contributed by atoms with Crippen molar-refractivity contribution < 1.29 is 9.90 Å². The molecule has 0 saturated carbocycles. The highest BCUT2D eigenvalue weighted by molar-refractivity contribution is 7.09. The summed E-state index contributed by atoms with van der Waals surface area (Å²) in [5, 5.41) is 27.4. The van der Waals surface area contributed by atoms with E-state index in [0.717, 1.165) is 41.1 Å². The average Bonchev–Trinajstić information content (AvgIpc) is 3.46. The number of carbonyl (C=O) groups is 1. The van der Waals surface area contributed by atoms with E-state index in [2.05, 4.69) is 35.9 Å². The second-order valence-electron chi connectivity index (χ2n) is 8.49. The van der Waals surface area contributed by atoms with Gasteiger partial charge in [0, 0.05) is 63.5 Å². The van der Waals surface area contributed by atoms with Gasteiger partial charge in [0.25, 0.3) is 0 Å². The quantitative estimate of drug-likeness (QED) is 0.184. The van der Waals surface area contributed by atoms with Gasteiger partial charge < -0.3 is 20.8 Å². The summed E-state index contributed by atoms with van der Waals surface area (Å²) in [6.07, 6.45) is 2.45. The van der Waals surface area contributed by atoms with Crippen LogP contribution in [-0.4, -0.2) is 29.3 Å². The molecule has 0 aliphatic heterocycles. The minimum absolute atomic E-state index is 0.347. The van der Waals surface area contributed by atoms with Crippen LogP contribution in [0.4, 0.5) is 5.69 Å². The van der Waals surface area contributed by atoms with Gasteiger partial charge in [-0.05, 0) is 29.1 Å². The maximum Gasteiger partial charge on any atom is 0.150 e. The van der Waals surface area contributed by atoms with Gasteiger partial charge in [0.15, 0.2) is 0 Å². The van der Waals surface area contributed by atoms with E-state index in [0.29, 0.717) is 29.8 Å². The van der Waals surface area contributed by atoms with Gasteiger partial charge in [-0.25, -0.2) is 0 Å². The first kappa shape index (κ1) is 24.9. The highest BCUT2D eigenvalue weighted by Crippen LogP contribution is 2.44. The van der Waals surface area contributed by atoms with E-state index in [1.165, 1.54) is 11.1 Å². The van der Waals surface area contributed by atoms with Gasteiger partial charge in [0.05, 0.1) is 18.1 Å². The number of thiophene rings is 1. The van der Waals surface area contributed by atoms with Gasteiger partial charge in [-0.1, -0.05) is 44.2 Å². The van der Waals surface area contributed by atoms with E-state index < -0.39 is 5.41 Å². The lowest BCUT2D eigenvalue weighted by atomic mass is 9.82. The number of aldehydes is 1. The minimum atomic E-state index is -0.441. The number of aliphatic hydroxyl groups is 1. The van der Waals surface area contributed by atoms with E-state index >= 15 is 0 Å². The zero-order chi connectivity index (χ0) is 24.9. The van der Waals surface area contributed by atoms with Gasteiger partial charge in [-0.3, -0.25) is 4.79 Å². The number of nitrogens with zero attached hydrogens (tertiary/aromatic N) is 2. The first-order chi connectivity index (χ1) is 16.4. The SMILES string of the molecule is CC(C)(CC#N)c1c(-c2ccc(C=O)cc2)c2cc(N)c(C=N)cc2n1Cc1cccs1.CO. The fourth-order valence-corrected chi connectivity index (χ4v) is 4.97. The van der Waals surface area contributed by atoms with Crippen molar-refractivity contribution in [3.8, 4) is 17.2 Å².